The molecule has 0 heterocycles. The lowest BCUT2D eigenvalue weighted by atomic mass is 10.1. The van der Waals surface area contributed by atoms with Crippen molar-refractivity contribution in [2.24, 2.45) is 5.92 Å². The molecule has 0 spiro atoms. The summed E-state index contributed by atoms with van der Waals surface area (Å²) in [6.07, 6.45) is 0.909. The number of rotatable bonds is 9. The van der Waals surface area contributed by atoms with E-state index in [4.69, 9.17) is 4.74 Å². The lowest BCUT2D eigenvalue weighted by Gasteiger charge is -2.10. The molecule has 2 N–H and O–H groups in total. The van der Waals surface area contributed by atoms with E-state index in [1.54, 1.807) is 48.5 Å². The second-order valence-electron chi connectivity index (χ2n) is 6.86. The Bertz CT molecular complexity index is 811. The van der Waals surface area contributed by atoms with Crippen LogP contribution in [0.4, 0.5) is 11.4 Å². The van der Waals surface area contributed by atoms with Gasteiger partial charge in [-0.2, -0.15) is 0 Å². The standard InChI is InChI=1S/C22H26N2O4/c1-4-20(25)16-5-11-19(12-6-16)28-14-22(27)24-18-9-7-17(8-10-18)23-21(26)13-15(2)3/h5-12,15H,4,13-14H2,1-3H3,(H,23,26)(H,24,27). The summed E-state index contributed by atoms with van der Waals surface area (Å²) in [6, 6.07) is 13.6. The molecule has 0 saturated carbocycles. The molecule has 0 unspecified atom stereocenters. The number of nitrogens with one attached hydrogen (secondary N) is 2. The SMILES string of the molecule is CCC(=O)c1ccc(OCC(=O)Nc2ccc(NC(=O)CC(C)C)cc2)cc1. The van der Waals surface area contributed by atoms with E-state index in [0.717, 1.165) is 0 Å². The Labute approximate surface area is 165 Å². The maximum absolute atomic E-state index is 12.0. The van der Waals surface area contributed by atoms with Crippen molar-refractivity contribution in [3.05, 3.63) is 54.1 Å². The van der Waals surface area contributed by atoms with Crippen molar-refractivity contribution in [3.8, 4) is 5.75 Å². The van der Waals surface area contributed by atoms with Gasteiger partial charge < -0.3 is 15.4 Å². The molecule has 0 aliphatic heterocycles. The third-order valence-electron chi connectivity index (χ3n) is 3.91. The van der Waals surface area contributed by atoms with E-state index in [-0.39, 0.29) is 24.2 Å². The fourth-order valence-corrected chi connectivity index (χ4v) is 2.51. The fourth-order valence-electron chi connectivity index (χ4n) is 2.51. The molecular weight excluding hydrogens is 356 g/mol. The molecule has 2 aromatic carbocycles. The Morgan fingerprint density at radius 1 is 0.857 bits per heavy atom. The van der Waals surface area contributed by atoms with Crippen LogP contribution in [0.25, 0.3) is 0 Å². The highest BCUT2D eigenvalue weighted by Crippen LogP contribution is 2.16. The molecular formula is C22H26N2O4. The van der Waals surface area contributed by atoms with Gasteiger partial charge in [0.1, 0.15) is 5.75 Å². The third-order valence-corrected chi connectivity index (χ3v) is 3.91. The second kappa shape index (κ2) is 10.3. The highest BCUT2D eigenvalue weighted by Gasteiger charge is 2.08. The Balaban J connectivity index is 1.81. The molecule has 2 rings (SSSR count). The zero-order valence-electron chi connectivity index (χ0n) is 16.5. The van der Waals surface area contributed by atoms with Crippen LogP contribution in [0, 0.1) is 5.92 Å². The van der Waals surface area contributed by atoms with E-state index in [1.165, 1.54) is 0 Å². The normalized spacial score (nSPS) is 10.4. The van der Waals surface area contributed by atoms with Gasteiger partial charge in [-0.05, 0) is 54.4 Å². The third kappa shape index (κ3) is 6.87. The predicted molar refractivity (Wildman–Crippen MR) is 110 cm³/mol. The first kappa shape index (κ1) is 21.2. The first-order valence-electron chi connectivity index (χ1n) is 9.33. The van der Waals surface area contributed by atoms with Crippen molar-refractivity contribution in [3.63, 3.8) is 0 Å². The minimum absolute atomic E-state index is 0.0353. The summed E-state index contributed by atoms with van der Waals surface area (Å²) in [5.41, 5.74) is 1.92. The zero-order chi connectivity index (χ0) is 20.5. The minimum atomic E-state index is -0.301. The maximum Gasteiger partial charge on any atom is 0.262 e. The summed E-state index contributed by atoms with van der Waals surface area (Å²) in [5.74, 6) is 0.540. The summed E-state index contributed by atoms with van der Waals surface area (Å²) in [6.45, 7) is 5.63. The van der Waals surface area contributed by atoms with Gasteiger partial charge in [0.05, 0.1) is 0 Å². The highest BCUT2D eigenvalue weighted by atomic mass is 16.5. The molecule has 6 heteroatoms. The number of ether oxygens (including phenoxy) is 1. The topological polar surface area (TPSA) is 84.5 Å². The summed E-state index contributed by atoms with van der Waals surface area (Å²) < 4.78 is 5.44. The van der Waals surface area contributed by atoms with Gasteiger partial charge in [-0.15, -0.1) is 0 Å². The second-order valence-corrected chi connectivity index (χ2v) is 6.86. The van der Waals surface area contributed by atoms with E-state index in [1.807, 2.05) is 20.8 Å². The van der Waals surface area contributed by atoms with Crippen molar-refractivity contribution < 1.29 is 19.1 Å². The van der Waals surface area contributed by atoms with E-state index in [9.17, 15) is 14.4 Å². The number of benzene rings is 2. The Hall–Kier alpha value is -3.15. The molecule has 6 nitrogen and oxygen atoms in total. The molecule has 2 amide bonds. The van der Waals surface area contributed by atoms with Crippen molar-refractivity contribution in [2.75, 3.05) is 17.2 Å². The summed E-state index contributed by atoms with van der Waals surface area (Å²) in [5, 5.41) is 5.55. The highest BCUT2D eigenvalue weighted by molar-refractivity contribution is 5.96. The molecule has 0 fully saturated rings. The van der Waals surface area contributed by atoms with Crippen LogP contribution in [0.15, 0.2) is 48.5 Å². The Morgan fingerprint density at radius 2 is 1.39 bits per heavy atom. The van der Waals surface area contributed by atoms with Crippen LogP contribution in [0.5, 0.6) is 5.75 Å². The van der Waals surface area contributed by atoms with Crippen LogP contribution in [-0.4, -0.2) is 24.2 Å². The van der Waals surface area contributed by atoms with Gasteiger partial charge in [0, 0.05) is 29.8 Å². The monoisotopic (exact) mass is 382 g/mol. The summed E-state index contributed by atoms with van der Waals surface area (Å²) in [7, 11) is 0. The zero-order valence-corrected chi connectivity index (χ0v) is 16.5. The largest absolute Gasteiger partial charge is 0.484 e. The van der Waals surface area contributed by atoms with Crippen LogP contribution in [-0.2, 0) is 9.59 Å². The van der Waals surface area contributed by atoms with Crippen LogP contribution in [0.1, 0.15) is 44.0 Å². The van der Waals surface area contributed by atoms with Crippen LogP contribution in [0.3, 0.4) is 0 Å². The lowest BCUT2D eigenvalue weighted by Crippen LogP contribution is -2.20. The molecule has 148 valence electrons. The number of amides is 2. The number of anilines is 2. The fraction of sp³-hybridized carbons (Fsp3) is 0.318. The average Bonchev–Trinajstić information content (AvgIpc) is 2.67. The number of hydrogen-bond donors (Lipinski definition) is 2. The number of carbonyl (C=O) groups is 3. The molecule has 0 atom stereocenters. The van der Waals surface area contributed by atoms with Crippen LogP contribution < -0.4 is 15.4 Å². The lowest BCUT2D eigenvalue weighted by molar-refractivity contribution is -0.118. The van der Waals surface area contributed by atoms with Crippen molar-refractivity contribution in [2.45, 2.75) is 33.6 Å². The maximum atomic E-state index is 12.0. The number of ketones is 1. The Kier molecular flexibility index (Phi) is 7.75. The quantitative estimate of drug-likeness (QED) is 0.634. The molecule has 2 aromatic rings. The number of Topliss-reactive ketones (excluding diaryl/α,β-unsaturated/α-hetero) is 1. The van der Waals surface area contributed by atoms with Gasteiger partial charge in [0.2, 0.25) is 5.91 Å². The van der Waals surface area contributed by atoms with Crippen molar-refractivity contribution in [1.29, 1.82) is 0 Å². The molecule has 0 radical (unpaired) electrons. The summed E-state index contributed by atoms with van der Waals surface area (Å²) in [4.78, 5) is 35.4. The molecule has 0 aliphatic carbocycles. The molecule has 28 heavy (non-hydrogen) atoms. The van der Waals surface area contributed by atoms with E-state index in [2.05, 4.69) is 10.6 Å². The first-order chi connectivity index (χ1) is 13.4. The van der Waals surface area contributed by atoms with Gasteiger partial charge >= 0.3 is 0 Å². The van der Waals surface area contributed by atoms with Gasteiger partial charge in [-0.1, -0.05) is 20.8 Å². The van der Waals surface area contributed by atoms with Gasteiger partial charge in [-0.25, -0.2) is 0 Å². The molecule has 0 aliphatic rings. The summed E-state index contributed by atoms with van der Waals surface area (Å²) >= 11 is 0. The predicted octanol–water partition coefficient (Wildman–Crippen LogP) is 4.28. The molecule has 0 saturated heterocycles. The van der Waals surface area contributed by atoms with Gasteiger partial charge in [0.25, 0.3) is 5.91 Å². The first-order valence-corrected chi connectivity index (χ1v) is 9.33. The van der Waals surface area contributed by atoms with E-state index >= 15 is 0 Å². The van der Waals surface area contributed by atoms with E-state index < -0.39 is 0 Å². The van der Waals surface area contributed by atoms with Crippen molar-refractivity contribution in [1.82, 2.24) is 0 Å². The van der Waals surface area contributed by atoms with Crippen LogP contribution >= 0.6 is 0 Å². The molecule has 0 bridgehead atoms. The number of carbonyl (C=O) groups excluding carboxylic acids is 3. The van der Waals surface area contributed by atoms with Gasteiger partial charge in [0.15, 0.2) is 12.4 Å². The van der Waals surface area contributed by atoms with E-state index in [0.29, 0.717) is 41.4 Å². The number of hydrogen-bond acceptors (Lipinski definition) is 4. The molecule has 0 aromatic heterocycles. The van der Waals surface area contributed by atoms with Gasteiger partial charge in [-0.3, -0.25) is 14.4 Å². The van der Waals surface area contributed by atoms with Crippen molar-refractivity contribution >= 4 is 29.0 Å². The minimum Gasteiger partial charge on any atom is -0.484 e. The Morgan fingerprint density at radius 3 is 1.89 bits per heavy atom. The smallest absolute Gasteiger partial charge is 0.262 e. The van der Waals surface area contributed by atoms with Crippen LogP contribution in [0.2, 0.25) is 0 Å². The average molecular weight is 382 g/mol.